The topological polar surface area (TPSA) is 55.8 Å². The van der Waals surface area contributed by atoms with Gasteiger partial charge in [-0.25, -0.2) is 4.79 Å². The Bertz CT molecular complexity index is 884. The zero-order valence-corrected chi connectivity index (χ0v) is 15.8. The van der Waals surface area contributed by atoms with E-state index in [4.69, 9.17) is 9.47 Å². The first-order valence-electron chi connectivity index (χ1n) is 9.62. The maximum absolute atomic E-state index is 12.3. The Morgan fingerprint density at radius 1 is 1.23 bits per heavy atom. The van der Waals surface area contributed by atoms with Crippen LogP contribution in [0.3, 0.4) is 0 Å². The Morgan fingerprint density at radius 2 is 1.92 bits per heavy atom. The van der Waals surface area contributed by atoms with Crippen molar-refractivity contribution in [1.29, 1.82) is 0 Å². The Kier molecular flexibility index (Phi) is 4.09. The van der Waals surface area contributed by atoms with Crippen LogP contribution in [0.5, 0.6) is 11.5 Å². The lowest BCUT2D eigenvalue weighted by Crippen LogP contribution is -2.17. The molecule has 2 aliphatic carbocycles. The number of rotatable bonds is 3. The molecule has 2 aliphatic rings. The van der Waals surface area contributed by atoms with Crippen LogP contribution in [0.15, 0.2) is 18.2 Å². The highest BCUT2D eigenvalue weighted by Gasteiger charge is 2.48. The van der Waals surface area contributed by atoms with Gasteiger partial charge in [0.05, 0.1) is 6.10 Å². The van der Waals surface area contributed by atoms with Crippen LogP contribution in [0.2, 0.25) is 0 Å². The minimum Gasteiger partial charge on any atom is -0.507 e. The minimum atomic E-state index is -0.671. The Labute approximate surface area is 154 Å². The second kappa shape index (κ2) is 6.19. The number of fused-ring (bicyclic) bond motifs is 6. The molecule has 2 aromatic carbocycles. The van der Waals surface area contributed by atoms with Crippen LogP contribution >= 0.6 is 0 Å². The number of phenols is 1. The van der Waals surface area contributed by atoms with Crippen molar-refractivity contribution in [2.75, 3.05) is 0 Å². The largest absolute Gasteiger partial charge is 0.514 e. The van der Waals surface area contributed by atoms with Crippen LogP contribution in [-0.2, 0) is 11.2 Å². The highest BCUT2D eigenvalue weighted by atomic mass is 16.7. The molecular weight excluding hydrogens is 328 g/mol. The summed E-state index contributed by atoms with van der Waals surface area (Å²) in [6.07, 6.45) is 2.06. The number of hydrogen-bond donors (Lipinski definition) is 1. The van der Waals surface area contributed by atoms with Gasteiger partial charge in [0.1, 0.15) is 11.5 Å². The van der Waals surface area contributed by atoms with E-state index in [0.717, 1.165) is 46.7 Å². The van der Waals surface area contributed by atoms with E-state index in [2.05, 4.69) is 13.8 Å². The number of aryl methyl sites for hydroxylation is 1. The van der Waals surface area contributed by atoms with Gasteiger partial charge in [0.15, 0.2) is 0 Å². The summed E-state index contributed by atoms with van der Waals surface area (Å²) in [5.41, 5.74) is 3.09. The van der Waals surface area contributed by atoms with Crippen molar-refractivity contribution in [2.24, 2.45) is 5.92 Å². The molecule has 3 unspecified atom stereocenters. The van der Waals surface area contributed by atoms with Crippen molar-refractivity contribution in [3.63, 3.8) is 0 Å². The van der Waals surface area contributed by atoms with E-state index in [9.17, 15) is 9.90 Å². The fourth-order valence-electron chi connectivity index (χ4n) is 5.02. The average molecular weight is 354 g/mol. The third kappa shape index (κ3) is 2.38. The summed E-state index contributed by atoms with van der Waals surface area (Å²) in [4.78, 5) is 12.3. The van der Waals surface area contributed by atoms with Crippen molar-refractivity contribution < 1.29 is 19.4 Å². The van der Waals surface area contributed by atoms with Crippen LogP contribution in [-0.4, -0.2) is 17.4 Å². The lowest BCUT2D eigenvalue weighted by Gasteiger charge is -2.23. The molecule has 4 nitrogen and oxygen atoms in total. The monoisotopic (exact) mass is 354 g/mol. The van der Waals surface area contributed by atoms with Crippen LogP contribution in [0.4, 0.5) is 4.79 Å². The van der Waals surface area contributed by atoms with Crippen molar-refractivity contribution in [3.8, 4) is 11.5 Å². The first-order valence-corrected chi connectivity index (χ1v) is 9.62. The summed E-state index contributed by atoms with van der Waals surface area (Å²) >= 11 is 0. The van der Waals surface area contributed by atoms with Gasteiger partial charge in [-0.15, -0.1) is 0 Å². The maximum atomic E-state index is 12.3. The number of ether oxygens (including phenoxy) is 2. The van der Waals surface area contributed by atoms with E-state index in [0.29, 0.717) is 29.3 Å². The first-order chi connectivity index (χ1) is 12.4. The summed E-state index contributed by atoms with van der Waals surface area (Å²) in [6.45, 7) is 7.93. The summed E-state index contributed by atoms with van der Waals surface area (Å²) in [5, 5.41) is 12.7. The Morgan fingerprint density at radius 3 is 2.58 bits per heavy atom. The van der Waals surface area contributed by atoms with Gasteiger partial charge in [0.2, 0.25) is 0 Å². The van der Waals surface area contributed by atoms with Crippen molar-refractivity contribution in [3.05, 3.63) is 34.9 Å². The first kappa shape index (κ1) is 17.2. The molecule has 4 heteroatoms. The molecular formula is C22H26O4. The zero-order chi connectivity index (χ0) is 18.6. The number of benzene rings is 2. The van der Waals surface area contributed by atoms with Gasteiger partial charge < -0.3 is 14.6 Å². The summed E-state index contributed by atoms with van der Waals surface area (Å²) < 4.78 is 11.1. The normalized spacial score (nSPS) is 23.5. The summed E-state index contributed by atoms with van der Waals surface area (Å²) in [5.74, 6) is 2.11. The van der Waals surface area contributed by atoms with E-state index >= 15 is 0 Å². The average Bonchev–Trinajstić information content (AvgIpc) is 3.10. The number of carbonyl (C=O) groups excluding carboxylic acids is 1. The summed E-state index contributed by atoms with van der Waals surface area (Å²) in [7, 11) is 0. The molecule has 0 aromatic heterocycles. The second-order valence-corrected chi connectivity index (χ2v) is 7.87. The molecule has 1 N–H and O–H groups in total. The van der Waals surface area contributed by atoms with Gasteiger partial charge in [0, 0.05) is 21.9 Å². The predicted molar refractivity (Wildman–Crippen MR) is 101 cm³/mol. The highest BCUT2D eigenvalue weighted by molar-refractivity contribution is 6.00. The van der Waals surface area contributed by atoms with Gasteiger partial charge >= 0.3 is 6.16 Å². The van der Waals surface area contributed by atoms with Crippen molar-refractivity contribution in [2.45, 2.75) is 64.9 Å². The molecule has 138 valence electrons. The highest BCUT2D eigenvalue weighted by Crippen LogP contribution is 2.63. The van der Waals surface area contributed by atoms with E-state index in [1.807, 2.05) is 32.0 Å². The van der Waals surface area contributed by atoms with Crippen molar-refractivity contribution in [1.82, 2.24) is 0 Å². The Balaban J connectivity index is 1.99. The van der Waals surface area contributed by atoms with Crippen LogP contribution < -0.4 is 4.74 Å². The van der Waals surface area contributed by atoms with Gasteiger partial charge in [0.25, 0.3) is 0 Å². The molecule has 0 spiro atoms. The molecule has 2 aromatic rings. The zero-order valence-electron chi connectivity index (χ0n) is 15.8. The van der Waals surface area contributed by atoms with E-state index in [1.54, 1.807) is 0 Å². The molecule has 0 heterocycles. The summed E-state index contributed by atoms with van der Waals surface area (Å²) in [6, 6.07) is 5.91. The lowest BCUT2D eigenvalue weighted by atomic mass is 9.86. The molecule has 3 atom stereocenters. The molecule has 0 amide bonds. The van der Waals surface area contributed by atoms with E-state index in [1.165, 1.54) is 0 Å². The van der Waals surface area contributed by atoms with Gasteiger partial charge in [-0.1, -0.05) is 32.0 Å². The predicted octanol–water partition coefficient (Wildman–Crippen LogP) is 5.64. The molecule has 0 radical (unpaired) electrons. The number of hydrogen-bond acceptors (Lipinski definition) is 4. The molecule has 1 fully saturated rings. The SMILES string of the molecule is CCc1cccc2c(O)c3c(c(OC(=O)OC(C)C)c12)C1CCC3C1C. The fraction of sp³-hybridized carbons (Fsp3) is 0.500. The molecule has 0 aliphatic heterocycles. The molecule has 26 heavy (non-hydrogen) atoms. The van der Waals surface area contributed by atoms with Crippen LogP contribution in [0, 0.1) is 5.92 Å². The third-order valence-electron chi connectivity index (χ3n) is 6.12. The third-order valence-corrected chi connectivity index (χ3v) is 6.12. The standard InChI is InChI=1S/C22H26O4/c1-5-13-7-6-8-16-17(13)21(26-22(24)25-11(2)3)19-15-10-9-14(12(15)4)18(19)20(16)23/h6-8,11-12,14-15,23H,5,9-10H2,1-4H3. The number of aromatic hydroxyl groups is 1. The number of carbonyl (C=O) groups is 1. The quantitative estimate of drug-likeness (QED) is 0.572. The molecule has 0 saturated heterocycles. The fourth-order valence-corrected chi connectivity index (χ4v) is 5.02. The van der Waals surface area contributed by atoms with Gasteiger partial charge in [-0.2, -0.15) is 0 Å². The van der Waals surface area contributed by atoms with Crippen molar-refractivity contribution >= 4 is 16.9 Å². The molecule has 4 rings (SSSR count). The van der Waals surface area contributed by atoms with Crippen LogP contribution in [0.1, 0.15) is 69.1 Å². The molecule has 2 bridgehead atoms. The van der Waals surface area contributed by atoms with Crippen LogP contribution in [0.25, 0.3) is 10.8 Å². The maximum Gasteiger partial charge on any atom is 0.514 e. The van der Waals surface area contributed by atoms with Gasteiger partial charge in [-0.3, -0.25) is 0 Å². The van der Waals surface area contributed by atoms with E-state index < -0.39 is 6.16 Å². The minimum absolute atomic E-state index is 0.236. The van der Waals surface area contributed by atoms with Gasteiger partial charge in [-0.05, 0) is 56.4 Å². The molecule has 1 saturated carbocycles. The second-order valence-electron chi connectivity index (χ2n) is 7.87. The lowest BCUT2D eigenvalue weighted by molar-refractivity contribution is 0.0729. The smallest absolute Gasteiger partial charge is 0.507 e. The van der Waals surface area contributed by atoms with E-state index in [-0.39, 0.29) is 6.10 Å². The Hall–Kier alpha value is -2.23. The number of phenolic OH excluding ortho intramolecular Hbond substituents is 1.